The van der Waals surface area contributed by atoms with Gasteiger partial charge >= 0.3 is 0 Å². The second-order valence-corrected chi connectivity index (χ2v) is 20.7. The van der Waals surface area contributed by atoms with Crippen LogP contribution >= 0.6 is 0 Å². The van der Waals surface area contributed by atoms with Crippen molar-refractivity contribution in [2.24, 2.45) is 0 Å². The van der Waals surface area contributed by atoms with Gasteiger partial charge in [0.15, 0.2) is 0 Å². The molecule has 0 aliphatic rings. The summed E-state index contributed by atoms with van der Waals surface area (Å²) >= 11 is 0. The Balaban J connectivity index is 2.06. The van der Waals surface area contributed by atoms with Crippen LogP contribution in [0.15, 0.2) is 24.3 Å². The molecule has 0 aliphatic heterocycles. The van der Waals surface area contributed by atoms with Crippen LogP contribution in [0.5, 0.6) is 11.5 Å². The molecule has 0 fully saturated rings. The van der Waals surface area contributed by atoms with Crippen LogP contribution in [0.2, 0.25) is 0 Å². The number of rotatable bonds is 23. The van der Waals surface area contributed by atoms with E-state index in [0.717, 1.165) is 54.7 Å². The first kappa shape index (κ1) is 47.2. The van der Waals surface area contributed by atoms with Gasteiger partial charge in [-0.25, -0.2) is 0 Å². The fourth-order valence-corrected chi connectivity index (χ4v) is 7.76. The van der Waals surface area contributed by atoms with Gasteiger partial charge in [-0.1, -0.05) is 211 Å². The molecule has 0 bridgehead atoms. The molecule has 2 aromatic carbocycles. The zero-order valence-corrected chi connectivity index (χ0v) is 37.5. The SMILES string of the molecule is CCCCCCCCCCCCCCCCCCN(CCc1cc(C(C)(C)C)c(O)c(C(C)(C)C)c1)CCc1cc(C(C)(C)C)c(O)c(C(C)(C)C)c1. The van der Waals surface area contributed by atoms with E-state index < -0.39 is 0 Å². The zero-order chi connectivity index (χ0) is 39.9. The highest BCUT2D eigenvalue weighted by Crippen LogP contribution is 2.41. The summed E-state index contributed by atoms with van der Waals surface area (Å²) < 4.78 is 0. The number of hydrogen-bond acceptors (Lipinski definition) is 3. The molecule has 2 rings (SSSR count). The zero-order valence-electron chi connectivity index (χ0n) is 37.5. The monoisotopic (exact) mass is 734 g/mol. The Labute approximate surface area is 330 Å². The van der Waals surface area contributed by atoms with E-state index in [1.54, 1.807) is 0 Å². The molecule has 0 aromatic heterocycles. The fourth-order valence-electron chi connectivity index (χ4n) is 7.76. The molecule has 2 aromatic rings. The van der Waals surface area contributed by atoms with Gasteiger partial charge in [0, 0.05) is 13.1 Å². The molecular weight excluding hydrogens is 647 g/mol. The Kier molecular flexibility index (Phi) is 19.5. The highest BCUT2D eigenvalue weighted by atomic mass is 16.3. The van der Waals surface area contributed by atoms with Crippen LogP contribution in [0.25, 0.3) is 0 Å². The molecule has 0 amide bonds. The highest BCUT2D eigenvalue weighted by molar-refractivity contribution is 5.51. The fraction of sp³-hybridized carbons (Fsp3) is 0.760. The lowest BCUT2D eigenvalue weighted by Gasteiger charge is -2.29. The van der Waals surface area contributed by atoms with Gasteiger partial charge in [0.2, 0.25) is 0 Å². The summed E-state index contributed by atoms with van der Waals surface area (Å²) in [5.74, 6) is 0.936. The third-order valence-corrected chi connectivity index (χ3v) is 11.3. The Morgan fingerprint density at radius 3 is 0.868 bits per heavy atom. The van der Waals surface area contributed by atoms with Crippen LogP contribution in [0.1, 0.15) is 226 Å². The highest BCUT2D eigenvalue weighted by Gasteiger charge is 2.28. The van der Waals surface area contributed by atoms with Crippen LogP contribution in [0.4, 0.5) is 0 Å². The van der Waals surface area contributed by atoms with Crippen LogP contribution in [-0.2, 0) is 34.5 Å². The minimum absolute atomic E-state index is 0.123. The Bertz CT molecular complexity index is 1170. The second kappa shape index (κ2) is 21.9. The van der Waals surface area contributed by atoms with E-state index in [9.17, 15) is 10.2 Å². The molecule has 0 saturated heterocycles. The van der Waals surface area contributed by atoms with Gasteiger partial charge in [-0.05, 0) is 80.8 Å². The second-order valence-electron chi connectivity index (χ2n) is 20.7. The normalized spacial score (nSPS) is 13.0. The van der Waals surface area contributed by atoms with Crippen molar-refractivity contribution >= 4 is 0 Å². The first-order valence-corrected chi connectivity index (χ1v) is 22.1. The number of benzene rings is 2. The van der Waals surface area contributed by atoms with E-state index in [0.29, 0.717) is 11.5 Å². The summed E-state index contributed by atoms with van der Waals surface area (Å²) in [4.78, 5) is 2.69. The Hall–Kier alpha value is -2.00. The topological polar surface area (TPSA) is 43.7 Å². The van der Waals surface area contributed by atoms with Crippen molar-refractivity contribution in [1.29, 1.82) is 0 Å². The first-order valence-electron chi connectivity index (χ1n) is 22.1. The smallest absolute Gasteiger partial charge is 0.123 e. The quantitative estimate of drug-likeness (QED) is 0.112. The largest absolute Gasteiger partial charge is 0.507 e. The third kappa shape index (κ3) is 17.1. The standard InChI is InChI=1S/C50H87NO2/c1-14-15-16-17-18-19-20-21-22-23-24-25-26-27-28-29-32-51(33-30-39-35-41(47(2,3)4)45(52)42(36-39)48(5,6)7)34-31-40-37-43(49(8,9)10)46(53)44(38-40)50(11,12)13/h35-38,52-53H,14-34H2,1-13H3. The number of unbranched alkanes of at least 4 members (excludes halogenated alkanes) is 15. The first-order chi connectivity index (χ1) is 24.7. The minimum atomic E-state index is -0.123. The van der Waals surface area contributed by atoms with Crippen molar-refractivity contribution in [2.45, 2.75) is 227 Å². The maximum atomic E-state index is 11.3. The molecule has 0 atom stereocenters. The lowest BCUT2D eigenvalue weighted by atomic mass is 9.78. The molecule has 0 radical (unpaired) electrons. The predicted octanol–water partition coefficient (Wildman–Crippen LogP) is 14.6. The van der Waals surface area contributed by atoms with Gasteiger partial charge in [-0.3, -0.25) is 0 Å². The molecule has 3 nitrogen and oxygen atoms in total. The van der Waals surface area contributed by atoms with Crippen molar-refractivity contribution < 1.29 is 10.2 Å². The molecule has 0 aliphatic carbocycles. The van der Waals surface area contributed by atoms with E-state index in [1.165, 1.54) is 114 Å². The average Bonchev–Trinajstić information content (AvgIpc) is 3.04. The summed E-state index contributed by atoms with van der Waals surface area (Å²) in [7, 11) is 0. The summed E-state index contributed by atoms with van der Waals surface area (Å²) in [6.45, 7) is 31.9. The summed E-state index contributed by atoms with van der Waals surface area (Å²) in [5, 5.41) is 22.7. The van der Waals surface area contributed by atoms with Crippen LogP contribution in [0.3, 0.4) is 0 Å². The van der Waals surface area contributed by atoms with Crippen molar-refractivity contribution in [1.82, 2.24) is 4.90 Å². The molecule has 2 N–H and O–H groups in total. The maximum absolute atomic E-state index is 11.3. The average molecular weight is 734 g/mol. The number of aromatic hydroxyl groups is 2. The van der Waals surface area contributed by atoms with E-state index in [1.807, 2.05) is 0 Å². The number of phenolic OH excluding ortho intramolecular Hbond substituents is 2. The molecule has 0 unspecified atom stereocenters. The van der Waals surface area contributed by atoms with Crippen LogP contribution in [-0.4, -0.2) is 34.7 Å². The summed E-state index contributed by atoms with van der Waals surface area (Å²) in [6, 6.07) is 9.07. The molecule has 304 valence electrons. The maximum Gasteiger partial charge on any atom is 0.123 e. The Morgan fingerprint density at radius 2 is 0.623 bits per heavy atom. The molecule has 3 heteroatoms. The van der Waals surface area contributed by atoms with Crippen molar-refractivity contribution in [3.63, 3.8) is 0 Å². The minimum Gasteiger partial charge on any atom is -0.507 e. The van der Waals surface area contributed by atoms with Crippen molar-refractivity contribution in [2.75, 3.05) is 19.6 Å². The lowest BCUT2D eigenvalue weighted by Crippen LogP contribution is -2.30. The Morgan fingerprint density at radius 1 is 0.377 bits per heavy atom. The van der Waals surface area contributed by atoms with Crippen molar-refractivity contribution in [3.8, 4) is 11.5 Å². The molecule has 53 heavy (non-hydrogen) atoms. The molecule has 0 heterocycles. The van der Waals surface area contributed by atoms with E-state index >= 15 is 0 Å². The summed E-state index contributed by atoms with van der Waals surface area (Å²) in [5.41, 5.74) is 6.37. The van der Waals surface area contributed by atoms with Gasteiger partial charge in [-0.2, -0.15) is 0 Å². The van der Waals surface area contributed by atoms with Gasteiger partial charge in [-0.15, -0.1) is 0 Å². The number of phenols is 2. The van der Waals surface area contributed by atoms with Gasteiger partial charge in [0.25, 0.3) is 0 Å². The van der Waals surface area contributed by atoms with Gasteiger partial charge in [0.05, 0.1) is 0 Å². The van der Waals surface area contributed by atoms with E-state index in [2.05, 4.69) is 119 Å². The molecule has 0 spiro atoms. The van der Waals surface area contributed by atoms with E-state index in [-0.39, 0.29) is 21.7 Å². The predicted molar refractivity (Wildman–Crippen MR) is 234 cm³/mol. The lowest BCUT2D eigenvalue weighted by molar-refractivity contribution is 0.272. The third-order valence-electron chi connectivity index (χ3n) is 11.3. The molecule has 0 saturated carbocycles. The molecular formula is C50H87NO2. The van der Waals surface area contributed by atoms with Gasteiger partial charge < -0.3 is 15.1 Å². The van der Waals surface area contributed by atoms with Crippen LogP contribution in [0, 0.1) is 0 Å². The number of hydrogen-bond donors (Lipinski definition) is 2. The van der Waals surface area contributed by atoms with Crippen LogP contribution < -0.4 is 0 Å². The van der Waals surface area contributed by atoms with Gasteiger partial charge in [0.1, 0.15) is 11.5 Å². The summed E-state index contributed by atoms with van der Waals surface area (Å²) in [6.07, 6.45) is 24.2. The number of nitrogens with zero attached hydrogens (tertiary/aromatic N) is 1. The van der Waals surface area contributed by atoms with Crippen molar-refractivity contribution in [3.05, 3.63) is 57.6 Å². The van der Waals surface area contributed by atoms with E-state index in [4.69, 9.17) is 0 Å².